The van der Waals surface area contributed by atoms with Gasteiger partial charge < -0.3 is 4.98 Å². The molecule has 0 aliphatic heterocycles. The molecule has 5 nitrogen and oxygen atoms in total. The van der Waals surface area contributed by atoms with Crippen LogP contribution in [0.1, 0.15) is 11.1 Å². The minimum absolute atomic E-state index is 0.0918. The van der Waals surface area contributed by atoms with Crippen molar-refractivity contribution in [1.82, 2.24) is 9.71 Å². The Morgan fingerprint density at radius 3 is 2.54 bits per heavy atom. The highest BCUT2D eigenvalue weighted by Gasteiger charge is 2.12. The quantitative estimate of drug-likeness (QED) is 0.747. The molecule has 3 aromatic rings. The molecule has 0 unspecified atom stereocenters. The molecule has 0 amide bonds. The molecular formula is C18H18N2O3S. The van der Waals surface area contributed by atoms with Gasteiger partial charge in [0, 0.05) is 17.6 Å². The topological polar surface area (TPSA) is 79.0 Å². The highest BCUT2D eigenvalue weighted by atomic mass is 32.2. The van der Waals surface area contributed by atoms with Gasteiger partial charge in [-0.1, -0.05) is 24.3 Å². The zero-order chi connectivity index (χ0) is 17.2. The van der Waals surface area contributed by atoms with E-state index in [1.807, 2.05) is 24.3 Å². The summed E-state index contributed by atoms with van der Waals surface area (Å²) in [6.07, 6.45) is 0.570. The van der Waals surface area contributed by atoms with Gasteiger partial charge >= 0.3 is 0 Å². The molecule has 0 aliphatic carbocycles. The van der Waals surface area contributed by atoms with E-state index in [4.69, 9.17) is 0 Å². The van der Waals surface area contributed by atoms with E-state index in [0.717, 1.165) is 16.5 Å². The Balaban J connectivity index is 1.72. The Morgan fingerprint density at radius 1 is 1.04 bits per heavy atom. The molecule has 0 atom stereocenters. The first-order valence-corrected chi connectivity index (χ1v) is 9.11. The minimum Gasteiger partial charge on any atom is -0.322 e. The van der Waals surface area contributed by atoms with E-state index in [0.29, 0.717) is 18.5 Å². The summed E-state index contributed by atoms with van der Waals surface area (Å²) in [6.45, 7) is 2.07. The summed E-state index contributed by atoms with van der Waals surface area (Å²) in [5.74, 6) is 0. The Morgan fingerprint density at radius 2 is 1.79 bits per heavy atom. The van der Waals surface area contributed by atoms with Crippen molar-refractivity contribution in [2.45, 2.75) is 18.2 Å². The molecule has 1 heterocycles. The van der Waals surface area contributed by atoms with E-state index in [1.165, 1.54) is 0 Å². The number of hydrogen-bond donors (Lipinski definition) is 2. The van der Waals surface area contributed by atoms with E-state index in [-0.39, 0.29) is 10.5 Å². The lowest BCUT2D eigenvalue weighted by Gasteiger charge is -2.08. The van der Waals surface area contributed by atoms with Gasteiger partial charge in [-0.05, 0) is 54.6 Å². The summed E-state index contributed by atoms with van der Waals surface area (Å²) in [5.41, 5.74) is 2.35. The van der Waals surface area contributed by atoms with Crippen LogP contribution in [0.25, 0.3) is 10.9 Å². The van der Waals surface area contributed by atoms with Crippen molar-refractivity contribution in [2.24, 2.45) is 0 Å². The Kier molecular flexibility index (Phi) is 4.51. The molecule has 3 rings (SSSR count). The smallest absolute Gasteiger partial charge is 0.251 e. The molecule has 0 radical (unpaired) electrons. The zero-order valence-electron chi connectivity index (χ0n) is 13.2. The molecule has 2 N–H and O–H groups in total. The van der Waals surface area contributed by atoms with Gasteiger partial charge in [-0.3, -0.25) is 4.79 Å². The maximum absolute atomic E-state index is 12.2. The number of H-pyrrole nitrogens is 1. The van der Waals surface area contributed by atoms with Crippen molar-refractivity contribution < 1.29 is 8.42 Å². The van der Waals surface area contributed by atoms with Gasteiger partial charge in [0.15, 0.2) is 0 Å². The highest BCUT2D eigenvalue weighted by molar-refractivity contribution is 7.89. The first kappa shape index (κ1) is 16.4. The van der Waals surface area contributed by atoms with Crippen LogP contribution in [0, 0.1) is 6.92 Å². The molecule has 0 fully saturated rings. The van der Waals surface area contributed by atoms with Gasteiger partial charge in [0.25, 0.3) is 5.56 Å². The van der Waals surface area contributed by atoms with Crippen LogP contribution in [0.4, 0.5) is 0 Å². The Bertz CT molecular complexity index is 1030. The Hall–Kier alpha value is -2.44. The second kappa shape index (κ2) is 6.59. The van der Waals surface area contributed by atoms with Crippen LogP contribution in [0.5, 0.6) is 0 Å². The number of rotatable bonds is 5. The molecule has 0 aliphatic rings. The summed E-state index contributed by atoms with van der Waals surface area (Å²) in [4.78, 5) is 14.7. The number of aromatic amines is 1. The number of hydrogen-bond acceptors (Lipinski definition) is 3. The molecule has 124 valence electrons. The standard InChI is InChI=1S/C18H18N2O3S/c1-13-11-15-12-14(7-8-17(15)20-18(13)21)9-10-19-24(22,23)16-5-3-2-4-6-16/h2-8,11-12,19H,9-10H2,1H3,(H,20,21). The van der Waals surface area contributed by atoms with E-state index in [2.05, 4.69) is 9.71 Å². The lowest BCUT2D eigenvalue weighted by molar-refractivity contribution is 0.581. The van der Waals surface area contributed by atoms with Gasteiger partial charge in [0.1, 0.15) is 0 Å². The first-order chi connectivity index (χ1) is 11.5. The molecule has 6 heteroatoms. The fourth-order valence-corrected chi connectivity index (χ4v) is 3.59. The summed E-state index contributed by atoms with van der Waals surface area (Å²) in [5, 5.41) is 0.940. The summed E-state index contributed by atoms with van der Waals surface area (Å²) in [7, 11) is -3.48. The molecule has 2 aromatic carbocycles. The van der Waals surface area contributed by atoms with Crippen molar-refractivity contribution in [2.75, 3.05) is 6.54 Å². The molecule has 0 spiro atoms. The van der Waals surface area contributed by atoms with Crippen LogP contribution in [-0.2, 0) is 16.4 Å². The van der Waals surface area contributed by atoms with Gasteiger partial charge in [-0.25, -0.2) is 13.1 Å². The number of sulfonamides is 1. The normalized spacial score (nSPS) is 11.7. The summed E-state index contributed by atoms with van der Waals surface area (Å²) in [6, 6.07) is 15.8. The molecule has 1 aromatic heterocycles. The number of nitrogens with one attached hydrogen (secondary N) is 2. The lowest BCUT2D eigenvalue weighted by Crippen LogP contribution is -2.25. The van der Waals surface area contributed by atoms with Crippen molar-refractivity contribution in [3.63, 3.8) is 0 Å². The number of aryl methyl sites for hydroxylation is 1. The van der Waals surface area contributed by atoms with Crippen molar-refractivity contribution in [1.29, 1.82) is 0 Å². The number of fused-ring (bicyclic) bond motifs is 1. The van der Waals surface area contributed by atoms with Gasteiger partial charge in [0.05, 0.1) is 4.90 Å². The first-order valence-electron chi connectivity index (χ1n) is 7.63. The summed E-state index contributed by atoms with van der Waals surface area (Å²) >= 11 is 0. The third kappa shape index (κ3) is 3.55. The average molecular weight is 342 g/mol. The van der Waals surface area contributed by atoms with E-state index in [1.54, 1.807) is 37.3 Å². The van der Waals surface area contributed by atoms with E-state index in [9.17, 15) is 13.2 Å². The second-order valence-electron chi connectivity index (χ2n) is 5.66. The SMILES string of the molecule is Cc1cc2cc(CCNS(=O)(=O)c3ccccc3)ccc2[nH]c1=O. The van der Waals surface area contributed by atoms with E-state index < -0.39 is 10.0 Å². The fourth-order valence-electron chi connectivity index (χ4n) is 2.53. The molecule has 0 saturated carbocycles. The monoisotopic (exact) mass is 342 g/mol. The molecule has 0 saturated heterocycles. The van der Waals surface area contributed by atoms with E-state index >= 15 is 0 Å². The van der Waals surface area contributed by atoms with Gasteiger partial charge in [-0.15, -0.1) is 0 Å². The molecule has 24 heavy (non-hydrogen) atoms. The van der Waals surface area contributed by atoms with Crippen LogP contribution in [0.15, 0.2) is 64.3 Å². The minimum atomic E-state index is -3.48. The van der Waals surface area contributed by atoms with Crippen LogP contribution in [-0.4, -0.2) is 19.9 Å². The van der Waals surface area contributed by atoms with Crippen molar-refractivity contribution in [3.8, 4) is 0 Å². The second-order valence-corrected chi connectivity index (χ2v) is 7.43. The predicted molar refractivity (Wildman–Crippen MR) is 94.6 cm³/mol. The number of pyridine rings is 1. The van der Waals surface area contributed by atoms with Gasteiger partial charge in [-0.2, -0.15) is 0 Å². The Labute approximate surface area is 140 Å². The van der Waals surface area contributed by atoms with Crippen LogP contribution < -0.4 is 10.3 Å². The summed E-state index contributed by atoms with van der Waals surface area (Å²) < 4.78 is 26.9. The lowest BCUT2D eigenvalue weighted by atomic mass is 10.1. The number of benzene rings is 2. The fraction of sp³-hybridized carbons (Fsp3) is 0.167. The predicted octanol–water partition coefficient (Wildman–Crippen LogP) is 2.36. The van der Waals surface area contributed by atoms with Crippen LogP contribution in [0.3, 0.4) is 0 Å². The van der Waals surface area contributed by atoms with Crippen molar-refractivity contribution in [3.05, 3.63) is 76.1 Å². The zero-order valence-corrected chi connectivity index (χ0v) is 14.1. The largest absolute Gasteiger partial charge is 0.322 e. The third-order valence-corrected chi connectivity index (χ3v) is 5.33. The number of aromatic nitrogens is 1. The maximum Gasteiger partial charge on any atom is 0.251 e. The maximum atomic E-state index is 12.2. The average Bonchev–Trinajstić information content (AvgIpc) is 2.57. The van der Waals surface area contributed by atoms with Gasteiger partial charge in [0.2, 0.25) is 10.0 Å². The third-order valence-electron chi connectivity index (χ3n) is 3.85. The van der Waals surface area contributed by atoms with Crippen molar-refractivity contribution >= 4 is 20.9 Å². The van der Waals surface area contributed by atoms with Crippen LogP contribution >= 0.6 is 0 Å². The highest BCUT2D eigenvalue weighted by Crippen LogP contribution is 2.14. The molecule has 0 bridgehead atoms. The van der Waals surface area contributed by atoms with Crippen LogP contribution in [0.2, 0.25) is 0 Å². The molecular weight excluding hydrogens is 324 g/mol.